The number of hydrogen-bond donors (Lipinski definition) is 1. The van der Waals surface area contributed by atoms with E-state index in [0.717, 1.165) is 31.6 Å². The van der Waals surface area contributed by atoms with Crippen molar-refractivity contribution in [2.45, 2.75) is 19.8 Å². The van der Waals surface area contributed by atoms with Gasteiger partial charge in [-0.1, -0.05) is 43.1 Å². The molecule has 0 bridgehead atoms. The second-order valence-corrected chi connectivity index (χ2v) is 8.08. The smallest absolute Gasteiger partial charge is 0.340 e. The number of benzene rings is 2. The van der Waals surface area contributed by atoms with Crippen molar-refractivity contribution in [3.63, 3.8) is 0 Å². The zero-order valence-electron chi connectivity index (χ0n) is 18.6. The van der Waals surface area contributed by atoms with Crippen LogP contribution >= 0.6 is 11.6 Å². The van der Waals surface area contributed by atoms with Crippen molar-refractivity contribution < 1.29 is 14.3 Å². The molecular formula is C25H27ClN4O3. The predicted molar refractivity (Wildman–Crippen MR) is 129 cm³/mol. The van der Waals surface area contributed by atoms with E-state index in [1.54, 1.807) is 30.5 Å². The number of carbonyl (C=O) groups excluding carboxylic acids is 2. The van der Waals surface area contributed by atoms with E-state index in [0.29, 0.717) is 30.4 Å². The van der Waals surface area contributed by atoms with Crippen LogP contribution in [0.1, 0.15) is 30.1 Å². The van der Waals surface area contributed by atoms with Gasteiger partial charge in [0.25, 0.3) is 5.91 Å². The lowest BCUT2D eigenvalue weighted by Gasteiger charge is -2.35. The average molecular weight is 467 g/mol. The number of piperazine rings is 1. The van der Waals surface area contributed by atoms with Gasteiger partial charge in [0.05, 0.1) is 17.9 Å². The Balaban J connectivity index is 1.63. The Labute approximate surface area is 199 Å². The second-order valence-electron chi connectivity index (χ2n) is 7.65. The summed E-state index contributed by atoms with van der Waals surface area (Å²) in [6, 6.07) is 16.3. The molecule has 1 aliphatic heterocycles. The molecule has 1 heterocycles. The molecule has 1 amide bonds. The van der Waals surface area contributed by atoms with Crippen LogP contribution in [-0.4, -0.2) is 49.6 Å². The van der Waals surface area contributed by atoms with Gasteiger partial charge < -0.3 is 19.9 Å². The second kappa shape index (κ2) is 11.9. The van der Waals surface area contributed by atoms with E-state index in [1.807, 2.05) is 42.2 Å². The lowest BCUT2D eigenvalue weighted by molar-refractivity contribution is -0.112. The molecule has 1 aliphatic rings. The highest BCUT2D eigenvalue weighted by Crippen LogP contribution is 2.21. The van der Waals surface area contributed by atoms with Gasteiger partial charge in [-0.15, -0.1) is 0 Å². The van der Waals surface area contributed by atoms with Crippen LogP contribution in [0.3, 0.4) is 0 Å². The average Bonchev–Trinajstić information content (AvgIpc) is 2.83. The number of halogens is 1. The molecule has 2 aromatic carbocycles. The highest BCUT2D eigenvalue weighted by atomic mass is 35.5. The topological polar surface area (TPSA) is 85.7 Å². The van der Waals surface area contributed by atoms with Crippen LogP contribution in [0.2, 0.25) is 5.02 Å². The number of amides is 1. The maximum atomic E-state index is 12.8. The number of nitriles is 1. The van der Waals surface area contributed by atoms with Crippen LogP contribution in [0, 0.1) is 11.3 Å². The number of para-hydroxylation sites is 1. The van der Waals surface area contributed by atoms with Gasteiger partial charge in [-0.2, -0.15) is 5.26 Å². The van der Waals surface area contributed by atoms with E-state index < -0.39 is 11.9 Å². The van der Waals surface area contributed by atoms with Gasteiger partial charge in [0.2, 0.25) is 0 Å². The molecule has 1 saturated heterocycles. The number of rotatable bonds is 8. The number of carbonyl (C=O) groups is 2. The van der Waals surface area contributed by atoms with Crippen LogP contribution in [0.25, 0.3) is 0 Å². The summed E-state index contributed by atoms with van der Waals surface area (Å²) < 4.78 is 5.26. The Morgan fingerprint density at radius 3 is 2.61 bits per heavy atom. The molecule has 0 saturated carbocycles. The number of hydrogen-bond acceptors (Lipinski definition) is 6. The predicted octanol–water partition coefficient (Wildman–Crippen LogP) is 4.47. The summed E-state index contributed by atoms with van der Waals surface area (Å²) in [5, 5.41) is 12.9. The van der Waals surface area contributed by atoms with Crippen LogP contribution in [0.5, 0.6) is 0 Å². The largest absolute Gasteiger partial charge is 0.462 e. The van der Waals surface area contributed by atoms with Crippen LogP contribution in [0.4, 0.5) is 11.4 Å². The minimum atomic E-state index is -0.566. The first-order valence-corrected chi connectivity index (χ1v) is 11.3. The number of esters is 1. The SMILES string of the molecule is CCCCOC(=O)c1ccccc1NC(=O)/C(C#N)=C\N1CCN(c2cccc(Cl)c2)CC1. The summed E-state index contributed by atoms with van der Waals surface area (Å²) >= 11 is 6.09. The van der Waals surface area contributed by atoms with Crippen molar-refractivity contribution >= 4 is 34.9 Å². The summed E-state index contributed by atoms with van der Waals surface area (Å²) in [7, 11) is 0. The Kier molecular flexibility index (Phi) is 8.73. The molecule has 0 aromatic heterocycles. The highest BCUT2D eigenvalue weighted by Gasteiger charge is 2.20. The first-order valence-electron chi connectivity index (χ1n) is 11.0. The molecule has 0 atom stereocenters. The summed E-state index contributed by atoms with van der Waals surface area (Å²) in [6.07, 6.45) is 3.26. The minimum Gasteiger partial charge on any atom is -0.462 e. The number of nitrogens with zero attached hydrogens (tertiary/aromatic N) is 3. The molecule has 2 aromatic rings. The summed E-state index contributed by atoms with van der Waals surface area (Å²) in [5.41, 5.74) is 1.59. The minimum absolute atomic E-state index is 0.0274. The van der Waals surface area contributed by atoms with Crippen molar-refractivity contribution in [3.05, 3.63) is 70.9 Å². The van der Waals surface area contributed by atoms with Crippen molar-refractivity contribution in [3.8, 4) is 6.07 Å². The molecule has 0 aliphatic carbocycles. The number of ether oxygens (including phenoxy) is 1. The fraction of sp³-hybridized carbons (Fsp3) is 0.320. The fourth-order valence-corrected chi connectivity index (χ4v) is 3.63. The van der Waals surface area contributed by atoms with Crippen LogP contribution in [0.15, 0.2) is 60.3 Å². The normalized spacial score (nSPS) is 13.9. The van der Waals surface area contributed by atoms with Gasteiger partial charge in [0, 0.05) is 43.1 Å². The Bertz CT molecular complexity index is 1060. The van der Waals surface area contributed by atoms with E-state index in [4.69, 9.17) is 16.3 Å². The quantitative estimate of drug-likeness (QED) is 0.267. The summed E-state index contributed by atoms with van der Waals surface area (Å²) in [6.45, 7) is 5.13. The third kappa shape index (κ3) is 6.74. The Morgan fingerprint density at radius 2 is 1.91 bits per heavy atom. The maximum Gasteiger partial charge on any atom is 0.340 e. The van der Waals surface area contributed by atoms with Gasteiger partial charge in [-0.25, -0.2) is 4.79 Å². The van der Waals surface area contributed by atoms with Crippen LogP contribution < -0.4 is 10.2 Å². The number of unbranched alkanes of at least 4 members (excludes halogenated alkanes) is 1. The first-order chi connectivity index (χ1) is 16.0. The lowest BCUT2D eigenvalue weighted by atomic mass is 10.1. The van der Waals surface area contributed by atoms with E-state index in [2.05, 4.69) is 10.2 Å². The van der Waals surface area contributed by atoms with Gasteiger partial charge in [0.1, 0.15) is 11.6 Å². The third-order valence-corrected chi connectivity index (χ3v) is 5.53. The van der Waals surface area contributed by atoms with Crippen molar-refractivity contribution in [1.82, 2.24) is 4.90 Å². The number of anilines is 2. The zero-order valence-corrected chi connectivity index (χ0v) is 19.3. The molecule has 7 nitrogen and oxygen atoms in total. The fourth-order valence-electron chi connectivity index (χ4n) is 3.45. The Hall–Kier alpha value is -3.50. The molecule has 0 unspecified atom stereocenters. The first kappa shape index (κ1) is 24.1. The molecule has 33 heavy (non-hydrogen) atoms. The molecular weight excluding hydrogens is 440 g/mol. The lowest BCUT2D eigenvalue weighted by Crippen LogP contribution is -2.44. The van der Waals surface area contributed by atoms with E-state index in [9.17, 15) is 14.9 Å². The summed E-state index contributed by atoms with van der Waals surface area (Å²) in [4.78, 5) is 29.3. The van der Waals surface area contributed by atoms with Crippen molar-refractivity contribution in [1.29, 1.82) is 5.26 Å². The van der Waals surface area contributed by atoms with Gasteiger partial charge in [0.15, 0.2) is 0 Å². The van der Waals surface area contributed by atoms with E-state index in [1.165, 1.54) is 0 Å². The van der Waals surface area contributed by atoms with Crippen LogP contribution in [-0.2, 0) is 9.53 Å². The molecule has 0 spiro atoms. The molecule has 1 fully saturated rings. The van der Waals surface area contributed by atoms with Gasteiger partial charge >= 0.3 is 5.97 Å². The number of nitrogens with one attached hydrogen (secondary N) is 1. The standard InChI is InChI=1S/C25H27ClN4O3/c1-2-3-15-33-25(32)22-9-4-5-10-23(22)28-24(31)19(17-27)18-29-11-13-30(14-12-29)21-8-6-7-20(26)16-21/h4-10,16,18H,2-3,11-15H2,1H3,(H,28,31)/b19-18-. The maximum absolute atomic E-state index is 12.8. The highest BCUT2D eigenvalue weighted by molar-refractivity contribution is 6.30. The summed E-state index contributed by atoms with van der Waals surface area (Å²) in [5.74, 6) is -1.07. The van der Waals surface area contributed by atoms with Gasteiger partial charge in [-0.05, 0) is 36.8 Å². The van der Waals surface area contributed by atoms with E-state index >= 15 is 0 Å². The van der Waals surface area contributed by atoms with Crippen molar-refractivity contribution in [2.24, 2.45) is 0 Å². The molecule has 1 N–H and O–H groups in total. The molecule has 8 heteroatoms. The van der Waals surface area contributed by atoms with E-state index in [-0.39, 0.29) is 11.1 Å². The monoisotopic (exact) mass is 466 g/mol. The molecule has 172 valence electrons. The molecule has 0 radical (unpaired) electrons. The third-order valence-electron chi connectivity index (χ3n) is 5.29. The Morgan fingerprint density at radius 1 is 1.15 bits per heavy atom. The zero-order chi connectivity index (χ0) is 23.6. The van der Waals surface area contributed by atoms with Gasteiger partial charge in [-0.3, -0.25) is 4.79 Å². The van der Waals surface area contributed by atoms with Crippen molar-refractivity contribution in [2.75, 3.05) is 43.0 Å². The molecule has 3 rings (SSSR count).